The van der Waals surface area contributed by atoms with E-state index in [1.165, 1.54) is 24.8 Å². The molecule has 3 unspecified atom stereocenters. The summed E-state index contributed by atoms with van der Waals surface area (Å²) in [5.74, 6) is 2.74. The number of para-hydroxylation sites is 1. The third kappa shape index (κ3) is 4.06. The zero-order valence-electron chi connectivity index (χ0n) is 13.3. The Labute approximate surface area is 150 Å². The molecule has 0 radical (unpaired) electrons. The van der Waals surface area contributed by atoms with Crippen LogP contribution in [0, 0.1) is 5.92 Å². The van der Waals surface area contributed by atoms with Crippen molar-refractivity contribution in [2.45, 2.75) is 44.7 Å². The summed E-state index contributed by atoms with van der Waals surface area (Å²) in [5, 5.41) is 7.11. The van der Waals surface area contributed by atoms with Gasteiger partial charge in [0.25, 0.3) is 0 Å². The lowest BCUT2D eigenvalue weighted by Crippen LogP contribution is -2.42. The van der Waals surface area contributed by atoms with Gasteiger partial charge in [-0.2, -0.15) is 0 Å². The van der Waals surface area contributed by atoms with Crippen LogP contribution in [0.15, 0.2) is 29.3 Å². The van der Waals surface area contributed by atoms with E-state index in [0.717, 1.165) is 30.7 Å². The highest BCUT2D eigenvalue weighted by Gasteiger charge is 2.37. The zero-order valence-corrected chi connectivity index (χ0v) is 15.7. The molecular formula is C17H26IN3O. The van der Waals surface area contributed by atoms with Gasteiger partial charge in [0.1, 0.15) is 5.75 Å². The number of halogens is 1. The van der Waals surface area contributed by atoms with Gasteiger partial charge < -0.3 is 15.4 Å². The Bertz CT molecular complexity index is 520. The second-order valence-corrected chi connectivity index (χ2v) is 5.98. The Hall–Kier alpha value is -0.980. The maximum Gasteiger partial charge on any atom is 0.191 e. The number of benzene rings is 1. The molecule has 3 rings (SSSR count). The number of rotatable bonds is 4. The van der Waals surface area contributed by atoms with Crippen LogP contribution in [0.3, 0.4) is 0 Å². The number of hydrogen-bond acceptors (Lipinski definition) is 2. The smallest absolute Gasteiger partial charge is 0.191 e. The fourth-order valence-corrected chi connectivity index (χ4v) is 3.12. The first kappa shape index (κ1) is 17.4. The minimum Gasteiger partial charge on any atom is -0.493 e. The van der Waals surface area contributed by atoms with E-state index < -0.39 is 0 Å². The third-order valence-corrected chi connectivity index (χ3v) is 4.40. The molecule has 0 bridgehead atoms. The average molecular weight is 415 g/mol. The first-order chi connectivity index (χ1) is 10.3. The molecule has 0 saturated heterocycles. The molecule has 0 amide bonds. The van der Waals surface area contributed by atoms with Crippen molar-refractivity contribution in [3.8, 4) is 5.75 Å². The lowest BCUT2D eigenvalue weighted by Gasteiger charge is -2.28. The van der Waals surface area contributed by atoms with Crippen molar-refractivity contribution in [3.63, 3.8) is 0 Å². The molecule has 1 aromatic carbocycles. The Morgan fingerprint density at radius 3 is 2.91 bits per heavy atom. The van der Waals surface area contributed by atoms with E-state index in [1.807, 2.05) is 19.2 Å². The predicted octanol–water partition coefficient (Wildman–Crippen LogP) is 3.48. The Balaban J connectivity index is 0.00000176. The van der Waals surface area contributed by atoms with Crippen LogP contribution < -0.4 is 15.4 Å². The number of hydrogen-bond donors (Lipinski definition) is 2. The molecule has 1 aliphatic heterocycles. The fourth-order valence-electron chi connectivity index (χ4n) is 3.12. The summed E-state index contributed by atoms with van der Waals surface area (Å²) in [5.41, 5.74) is 1.23. The van der Waals surface area contributed by atoms with Gasteiger partial charge in [0.05, 0.1) is 12.6 Å². The van der Waals surface area contributed by atoms with Crippen LogP contribution >= 0.6 is 24.0 Å². The molecular weight excluding hydrogens is 389 g/mol. The number of guanidine groups is 1. The Morgan fingerprint density at radius 2 is 2.14 bits per heavy atom. The van der Waals surface area contributed by atoms with Crippen molar-refractivity contribution in [1.82, 2.24) is 10.6 Å². The summed E-state index contributed by atoms with van der Waals surface area (Å²) < 4.78 is 5.71. The number of nitrogens with zero attached hydrogens (tertiary/aromatic N) is 1. The molecule has 1 fully saturated rings. The maximum atomic E-state index is 5.71. The third-order valence-electron chi connectivity index (χ3n) is 4.40. The Morgan fingerprint density at radius 1 is 1.32 bits per heavy atom. The van der Waals surface area contributed by atoms with Crippen LogP contribution in [-0.2, 0) is 0 Å². The number of ether oxygens (including phenoxy) is 1. The van der Waals surface area contributed by atoms with Crippen LogP contribution in [0.4, 0.5) is 0 Å². The van der Waals surface area contributed by atoms with Gasteiger partial charge >= 0.3 is 0 Å². The van der Waals surface area contributed by atoms with E-state index in [2.05, 4.69) is 34.7 Å². The molecule has 0 aromatic heterocycles. The molecule has 122 valence electrons. The molecule has 2 N–H and O–H groups in total. The normalized spacial score (nSPS) is 26.3. The first-order valence-corrected chi connectivity index (χ1v) is 8.03. The molecule has 1 aliphatic carbocycles. The summed E-state index contributed by atoms with van der Waals surface area (Å²) in [6, 6.07) is 9.15. The zero-order chi connectivity index (χ0) is 14.7. The topological polar surface area (TPSA) is 45.7 Å². The second kappa shape index (κ2) is 8.04. The fraction of sp³-hybridized carbons (Fsp3) is 0.588. The van der Waals surface area contributed by atoms with E-state index in [-0.39, 0.29) is 30.0 Å². The molecule has 5 heteroatoms. The molecule has 1 aromatic rings. The van der Waals surface area contributed by atoms with Gasteiger partial charge in [-0.25, -0.2) is 0 Å². The molecule has 0 spiro atoms. The summed E-state index contributed by atoms with van der Waals surface area (Å²) in [6.45, 7) is 3.01. The molecule has 2 aliphatic rings. The summed E-state index contributed by atoms with van der Waals surface area (Å²) in [6.07, 6.45) is 4.83. The number of fused-ring (bicyclic) bond motifs is 1. The van der Waals surface area contributed by atoms with E-state index in [0.29, 0.717) is 6.04 Å². The van der Waals surface area contributed by atoms with Crippen molar-refractivity contribution in [3.05, 3.63) is 29.8 Å². The SMILES string of the molecule is CCCC1CC1NC(=NC)NC1CCOc2ccccc21.I. The molecule has 1 heterocycles. The second-order valence-electron chi connectivity index (χ2n) is 5.98. The lowest BCUT2D eigenvalue weighted by molar-refractivity contribution is 0.261. The standard InChI is InChI=1S/C17H25N3O.HI/c1-3-6-12-11-15(12)20-17(18-2)19-14-9-10-21-16-8-5-4-7-13(14)16;/h4-5,7-8,12,14-15H,3,6,9-11H2,1-2H3,(H2,18,19,20);1H. The average Bonchev–Trinajstić information content (AvgIpc) is 3.25. The van der Waals surface area contributed by atoms with E-state index in [9.17, 15) is 0 Å². The monoisotopic (exact) mass is 415 g/mol. The van der Waals surface area contributed by atoms with Crippen LogP contribution in [0.25, 0.3) is 0 Å². The molecule has 1 saturated carbocycles. The molecule has 4 nitrogen and oxygen atoms in total. The number of aliphatic imine (C=N–C) groups is 1. The number of nitrogens with one attached hydrogen (secondary N) is 2. The highest BCUT2D eigenvalue weighted by atomic mass is 127. The van der Waals surface area contributed by atoms with Crippen LogP contribution in [0.2, 0.25) is 0 Å². The van der Waals surface area contributed by atoms with Gasteiger partial charge in [-0.15, -0.1) is 24.0 Å². The minimum absolute atomic E-state index is 0. The van der Waals surface area contributed by atoms with Gasteiger partial charge in [0, 0.05) is 25.1 Å². The van der Waals surface area contributed by atoms with Crippen molar-refractivity contribution >= 4 is 29.9 Å². The van der Waals surface area contributed by atoms with Crippen molar-refractivity contribution in [2.75, 3.05) is 13.7 Å². The van der Waals surface area contributed by atoms with Gasteiger partial charge in [0.15, 0.2) is 5.96 Å². The molecule has 22 heavy (non-hydrogen) atoms. The van der Waals surface area contributed by atoms with Gasteiger partial charge in [-0.1, -0.05) is 31.5 Å². The van der Waals surface area contributed by atoms with Gasteiger partial charge in [-0.05, 0) is 24.8 Å². The van der Waals surface area contributed by atoms with Crippen molar-refractivity contribution in [1.29, 1.82) is 0 Å². The largest absolute Gasteiger partial charge is 0.493 e. The van der Waals surface area contributed by atoms with Crippen molar-refractivity contribution < 1.29 is 4.74 Å². The molecule has 3 atom stereocenters. The highest BCUT2D eigenvalue weighted by molar-refractivity contribution is 14.0. The Kier molecular flexibility index (Phi) is 6.35. The summed E-state index contributed by atoms with van der Waals surface area (Å²) in [7, 11) is 1.85. The van der Waals surface area contributed by atoms with Crippen LogP contribution in [0.5, 0.6) is 5.75 Å². The quantitative estimate of drug-likeness (QED) is 0.450. The van der Waals surface area contributed by atoms with Crippen LogP contribution in [-0.4, -0.2) is 25.7 Å². The van der Waals surface area contributed by atoms with E-state index in [1.54, 1.807) is 0 Å². The van der Waals surface area contributed by atoms with Gasteiger partial charge in [0.2, 0.25) is 0 Å². The predicted molar refractivity (Wildman–Crippen MR) is 101 cm³/mol. The first-order valence-electron chi connectivity index (χ1n) is 8.03. The maximum absolute atomic E-state index is 5.71. The van der Waals surface area contributed by atoms with Crippen molar-refractivity contribution in [2.24, 2.45) is 10.9 Å². The highest BCUT2D eigenvalue weighted by Crippen LogP contribution is 2.35. The lowest BCUT2D eigenvalue weighted by atomic mass is 10.0. The summed E-state index contributed by atoms with van der Waals surface area (Å²) in [4.78, 5) is 4.38. The summed E-state index contributed by atoms with van der Waals surface area (Å²) >= 11 is 0. The van der Waals surface area contributed by atoms with Gasteiger partial charge in [-0.3, -0.25) is 4.99 Å². The minimum atomic E-state index is 0. The van der Waals surface area contributed by atoms with E-state index >= 15 is 0 Å². The van der Waals surface area contributed by atoms with Crippen LogP contribution in [0.1, 0.15) is 44.2 Å². The van der Waals surface area contributed by atoms with E-state index in [4.69, 9.17) is 4.74 Å².